The van der Waals surface area contributed by atoms with Crippen molar-refractivity contribution < 1.29 is 33.1 Å². The van der Waals surface area contributed by atoms with Crippen molar-refractivity contribution >= 4 is 40.7 Å². The maximum Gasteiger partial charge on any atom is 0.469 e. The normalized spacial score (nSPS) is 30.1. The molecule has 27 heavy (non-hydrogen) atoms. The fourth-order valence-electron chi connectivity index (χ4n) is 3.30. The number of ether oxygens (including phenoxy) is 3. The molecular weight excluding hydrogens is 449 g/mol. The maximum atomic E-state index is 11.1. The highest BCUT2D eigenvalue weighted by Crippen LogP contribution is 2.46. The first-order chi connectivity index (χ1) is 12.6. The lowest BCUT2D eigenvalue weighted by Gasteiger charge is -2.25. The van der Waals surface area contributed by atoms with E-state index in [0.717, 1.165) is 0 Å². The Morgan fingerprint density at radius 3 is 2.78 bits per heavy atom. The summed E-state index contributed by atoms with van der Waals surface area (Å²) in [6, 6.07) is 0. The minimum absolute atomic E-state index is 0.208. The Kier molecular flexibility index (Phi) is 4.56. The van der Waals surface area contributed by atoms with Crippen LogP contribution < -0.4 is 5.73 Å². The number of hydrogen-bond acceptors (Lipinski definition) is 9. The molecule has 2 aliphatic rings. The quantitative estimate of drug-likeness (QED) is 0.429. The molecule has 0 aliphatic carbocycles. The molecule has 2 aromatic rings. The van der Waals surface area contributed by atoms with Gasteiger partial charge in [-0.05, 0) is 29.8 Å². The Morgan fingerprint density at radius 2 is 2.07 bits per heavy atom. The summed E-state index contributed by atoms with van der Waals surface area (Å²) in [7, 11) is -4.66. The molecule has 0 radical (unpaired) electrons. The van der Waals surface area contributed by atoms with Gasteiger partial charge in [0.05, 0.1) is 6.61 Å². The molecule has 14 heteroatoms. The van der Waals surface area contributed by atoms with Crippen molar-refractivity contribution in [1.29, 1.82) is 0 Å². The average molecular weight is 466 g/mol. The molecule has 0 spiro atoms. The van der Waals surface area contributed by atoms with E-state index in [1.807, 2.05) is 0 Å². The number of hydrogen-bond donors (Lipinski definition) is 3. The van der Waals surface area contributed by atoms with Crippen LogP contribution in [0.2, 0.25) is 0 Å². The molecule has 2 aliphatic heterocycles. The first-order valence-corrected chi connectivity index (χ1v) is 10.2. The molecule has 2 fully saturated rings. The number of phosphoric acid groups is 1. The number of nitrogens with zero attached hydrogens (tertiary/aromatic N) is 4. The lowest BCUT2D eigenvalue weighted by molar-refractivity contribution is -0.199. The predicted molar refractivity (Wildman–Crippen MR) is 93.2 cm³/mol. The molecular formula is C13H17BrN5O7P. The number of nitrogen functional groups attached to an aromatic ring is 1. The van der Waals surface area contributed by atoms with Gasteiger partial charge in [-0.1, -0.05) is 0 Å². The first-order valence-electron chi connectivity index (χ1n) is 7.91. The number of imidazole rings is 1. The van der Waals surface area contributed by atoms with Crippen molar-refractivity contribution in [2.24, 2.45) is 0 Å². The molecule has 0 bridgehead atoms. The van der Waals surface area contributed by atoms with E-state index in [4.69, 9.17) is 29.7 Å². The third kappa shape index (κ3) is 3.49. The number of rotatable bonds is 4. The van der Waals surface area contributed by atoms with Crippen molar-refractivity contribution in [3.05, 3.63) is 11.1 Å². The third-order valence-electron chi connectivity index (χ3n) is 4.25. The molecule has 4 heterocycles. The Hall–Kier alpha value is -1.18. The standard InChI is InChI=1S/C13H17BrN5O7P/c1-13(2)25-7-5(3-23-27(20,21)22)24-11(8(7)26-13)19-10-6(18-12(19)14)9(15)16-4-17-10/h4-5,7-8,11H,3H2,1-2H3,(H2,15,16,17)(H2,20,21,22)/t5-,7-,8-,11-/m0/s1. The second-order valence-corrected chi connectivity index (χ2v) is 8.55. The van der Waals surface area contributed by atoms with Crippen LogP contribution in [0.3, 0.4) is 0 Å². The van der Waals surface area contributed by atoms with E-state index in [0.29, 0.717) is 15.9 Å². The van der Waals surface area contributed by atoms with E-state index < -0.39 is 38.1 Å². The zero-order chi connectivity index (χ0) is 19.6. The zero-order valence-corrected chi connectivity index (χ0v) is 16.7. The van der Waals surface area contributed by atoms with Gasteiger partial charge in [0.1, 0.15) is 24.6 Å². The monoisotopic (exact) mass is 465 g/mol. The van der Waals surface area contributed by atoms with Gasteiger partial charge in [0.25, 0.3) is 0 Å². The summed E-state index contributed by atoms with van der Waals surface area (Å²) in [5.41, 5.74) is 6.66. The summed E-state index contributed by atoms with van der Waals surface area (Å²) in [6.45, 7) is 3.11. The number of phosphoric ester groups is 1. The minimum Gasteiger partial charge on any atom is -0.382 e. The summed E-state index contributed by atoms with van der Waals surface area (Å²) in [4.78, 5) is 30.4. The molecule has 4 N–H and O–H groups in total. The SMILES string of the molecule is CC1(C)O[C@@H]2[C@H](O1)[C@@H](n1c(Br)nc3c(N)ncnc31)O[C@H]2COP(=O)(O)O. The van der Waals surface area contributed by atoms with Crippen LogP contribution in [0.1, 0.15) is 20.1 Å². The number of fused-ring (bicyclic) bond motifs is 2. The summed E-state index contributed by atoms with van der Waals surface area (Å²) in [5, 5.41) is 0. The van der Waals surface area contributed by atoms with Crippen LogP contribution in [0.5, 0.6) is 0 Å². The predicted octanol–water partition coefficient (Wildman–Crippen LogP) is 0.698. The van der Waals surface area contributed by atoms with E-state index in [-0.39, 0.29) is 12.4 Å². The van der Waals surface area contributed by atoms with Crippen LogP contribution in [0.4, 0.5) is 5.82 Å². The average Bonchev–Trinajstić information content (AvgIpc) is 3.14. The van der Waals surface area contributed by atoms with Gasteiger partial charge in [-0.2, -0.15) is 0 Å². The fourth-order valence-corrected chi connectivity index (χ4v) is 4.19. The molecule has 0 aromatic carbocycles. The molecule has 2 saturated heterocycles. The van der Waals surface area contributed by atoms with Gasteiger partial charge in [-0.15, -0.1) is 0 Å². The summed E-state index contributed by atoms with van der Waals surface area (Å²) >= 11 is 3.37. The van der Waals surface area contributed by atoms with Crippen molar-refractivity contribution in [1.82, 2.24) is 19.5 Å². The summed E-state index contributed by atoms with van der Waals surface area (Å²) in [6.07, 6.45) is -1.41. The van der Waals surface area contributed by atoms with Crippen LogP contribution in [-0.4, -0.2) is 60.0 Å². The Balaban J connectivity index is 1.72. The number of aromatic nitrogens is 4. The van der Waals surface area contributed by atoms with E-state index in [2.05, 4.69) is 35.4 Å². The highest BCUT2D eigenvalue weighted by molar-refractivity contribution is 9.10. The molecule has 0 unspecified atom stereocenters. The first kappa shape index (κ1) is 19.2. The van der Waals surface area contributed by atoms with Crippen LogP contribution in [0, 0.1) is 0 Å². The van der Waals surface area contributed by atoms with Gasteiger partial charge >= 0.3 is 7.82 Å². The van der Waals surface area contributed by atoms with Gasteiger partial charge in [0.2, 0.25) is 0 Å². The molecule has 4 atom stereocenters. The third-order valence-corrected chi connectivity index (χ3v) is 5.29. The number of anilines is 1. The van der Waals surface area contributed by atoms with Crippen LogP contribution in [0.25, 0.3) is 11.2 Å². The largest absolute Gasteiger partial charge is 0.469 e. The van der Waals surface area contributed by atoms with E-state index >= 15 is 0 Å². The second-order valence-electron chi connectivity index (χ2n) is 6.60. The van der Waals surface area contributed by atoms with E-state index in [9.17, 15) is 4.57 Å². The molecule has 148 valence electrons. The van der Waals surface area contributed by atoms with Crippen molar-refractivity contribution in [2.75, 3.05) is 12.3 Å². The van der Waals surface area contributed by atoms with Crippen LogP contribution in [-0.2, 0) is 23.3 Å². The van der Waals surface area contributed by atoms with Gasteiger partial charge < -0.3 is 29.7 Å². The minimum atomic E-state index is -4.66. The molecule has 4 rings (SSSR count). The van der Waals surface area contributed by atoms with Crippen molar-refractivity contribution in [2.45, 2.75) is 44.2 Å². The number of halogens is 1. The van der Waals surface area contributed by atoms with Gasteiger partial charge in [0.15, 0.2) is 33.7 Å². The van der Waals surface area contributed by atoms with Gasteiger partial charge in [-0.25, -0.2) is 19.5 Å². The van der Waals surface area contributed by atoms with Crippen LogP contribution in [0.15, 0.2) is 11.1 Å². The summed E-state index contributed by atoms with van der Waals surface area (Å²) in [5.74, 6) is -0.700. The highest BCUT2D eigenvalue weighted by atomic mass is 79.9. The molecule has 0 amide bonds. The van der Waals surface area contributed by atoms with Gasteiger partial charge in [-0.3, -0.25) is 9.09 Å². The maximum absolute atomic E-state index is 11.1. The topological polar surface area (TPSA) is 164 Å². The van der Waals surface area contributed by atoms with Gasteiger partial charge in [0, 0.05) is 0 Å². The molecule has 2 aromatic heterocycles. The Morgan fingerprint density at radius 1 is 1.37 bits per heavy atom. The second kappa shape index (κ2) is 6.42. The van der Waals surface area contributed by atoms with Crippen molar-refractivity contribution in [3.8, 4) is 0 Å². The van der Waals surface area contributed by atoms with Crippen molar-refractivity contribution in [3.63, 3.8) is 0 Å². The zero-order valence-electron chi connectivity index (χ0n) is 14.2. The lowest BCUT2D eigenvalue weighted by Crippen LogP contribution is -2.32. The lowest BCUT2D eigenvalue weighted by atomic mass is 10.1. The molecule has 12 nitrogen and oxygen atoms in total. The van der Waals surface area contributed by atoms with E-state index in [1.165, 1.54) is 6.33 Å². The fraction of sp³-hybridized carbons (Fsp3) is 0.615. The Labute approximate surface area is 161 Å². The van der Waals surface area contributed by atoms with E-state index in [1.54, 1.807) is 18.4 Å². The summed E-state index contributed by atoms with van der Waals surface area (Å²) < 4.78 is 35.5. The number of nitrogens with two attached hydrogens (primary N) is 1. The highest BCUT2D eigenvalue weighted by Gasteiger charge is 2.56. The molecule has 0 saturated carbocycles. The van der Waals surface area contributed by atoms with Crippen LogP contribution >= 0.6 is 23.8 Å². The smallest absolute Gasteiger partial charge is 0.382 e. The Bertz CT molecular complexity index is 933.